The molecule has 3 aliphatic carbocycles. The van der Waals surface area contributed by atoms with E-state index in [1.807, 2.05) is 0 Å². The fourth-order valence-electron chi connectivity index (χ4n) is 6.91. The topological polar surface area (TPSA) is 0 Å². The normalized spacial score (nSPS) is 66.6. The van der Waals surface area contributed by atoms with E-state index in [2.05, 4.69) is 48.5 Å². The molecule has 16 heavy (non-hydrogen) atoms. The molecule has 0 N–H and O–H groups in total. The molecule has 3 rings (SSSR count). The number of rotatable bonds is 0. The van der Waals surface area contributed by atoms with Crippen molar-refractivity contribution < 1.29 is 0 Å². The van der Waals surface area contributed by atoms with Crippen molar-refractivity contribution in [1.82, 2.24) is 0 Å². The standard InChI is InChI=1S/C16H28/c1-9-12-8-14(4,5)16(7)10(2)13(9)15(12,6)11(16)3/h9-13H,8H2,1-7H3. The molecule has 0 heteroatoms. The van der Waals surface area contributed by atoms with Crippen LogP contribution in [0.4, 0.5) is 0 Å². The predicted molar refractivity (Wildman–Crippen MR) is 69.1 cm³/mol. The van der Waals surface area contributed by atoms with Crippen LogP contribution < -0.4 is 0 Å². The SMILES string of the molecule is CC1C2CC(C)(C)C3(C)C(C)C1C2(C)C3C. The molecule has 0 aromatic carbocycles. The molecule has 0 amide bonds. The third kappa shape index (κ3) is 0.754. The maximum Gasteiger partial charge on any atom is -0.0215 e. The Labute approximate surface area is 101 Å². The third-order valence-electron chi connectivity index (χ3n) is 8.22. The fraction of sp³-hybridized carbons (Fsp3) is 1.00. The average Bonchev–Trinajstić information content (AvgIpc) is 2.26. The van der Waals surface area contributed by atoms with Crippen molar-refractivity contribution in [1.29, 1.82) is 0 Å². The van der Waals surface area contributed by atoms with Gasteiger partial charge in [-0.25, -0.2) is 0 Å². The molecular formula is C16H28. The zero-order valence-electron chi connectivity index (χ0n) is 12.1. The summed E-state index contributed by atoms with van der Waals surface area (Å²) in [5, 5.41) is 0. The average molecular weight is 220 g/mol. The summed E-state index contributed by atoms with van der Waals surface area (Å²) in [6.45, 7) is 17.9. The van der Waals surface area contributed by atoms with Crippen molar-refractivity contribution in [2.24, 2.45) is 45.8 Å². The van der Waals surface area contributed by atoms with Gasteiger partial charge in [-0.1, -0.05) is 48.5 Å². The Bertz CT molecular complexity index is 342. The molecule has 3 aliphatic rings. The van der Waals surface area contributed by atoms with Crippen LogP contribution in [0.3, 0.4) is 0 Å². The second-order valence-electron chi connectivity index (χ2n) is 8.24. The Morgan fingerprint density at radius 3 is 2.06 bits per heavy atom. The van der Waals surface area contributed by atoms with Gasteiger partial charge in [0.15, 0.2) is 0 Å². The van der Waals surface area contributed by atoms with Crippen LogP contribution in [0.5, 0.6) is 0 Å². The lowest BCUT2D eigenvalue weighted by Crippen LogP contribution is -2.59. The maximum atomic E-state index is 2.60. The maximum absolute atomic E-state index is 2.60. The van der Waals surface area contributed by atoms with Crippen molar-refractivity contribution >= 4 is 0 Å². The van der Waals surface area contributed by atoms with E-state index in [-0.39, 0.29) is 0 Å². The largest absolute Gasteiger partial charge is 0.0619 e. The summed E-state index contributed by atoms with van der Waals surface area (Å²) >= 11 is 0. The van der Waals surface area contributed by atoms with Crippen LogP contribution in [0.15, 0.2) is 0 Å². The van der Waals surface area contributed by atoms with Crippen LogP contribution in [0.2, 0.25) is 0 Å². The third-order valence-corrected chi connectivity index (χ3v) is 8.22. The summed E-state index contributed by atoms with van der Waals surface area (Å²) in [5.74, 6) is 4.80. The van der Waals surface area contributed by atoms with Gasteiger partial charge in [0.05, 0.1) is 0 Å². The molecule has 0 nitrogen and oxygen atoms in total. The molecular weight excluding hydrogens is 192 g/mol. The highest BCUT2D eigenvalue weighted by Crippen LogP contribution is 2.82. The molecule has 0 aromatic heterocycles. The van der Waals surface area contributed by atoms with Crippen molar-refractivity contribution in [3.63, 3.8) is 0 Å². The van der Waals surface area contributed by atoms with Crippen molar-refractivity contribution in [2.45, 2.75) is 54.9 Å². The van der Waals surface area contributed by atoms with Crippen LogP contribution in [0.25, 0.3) is 0 Å². The predicted octanol–water partition coefficient (Wildman–Crippen LogP) is 4.60. The highest BCUT2D eigenvalue weighted by Gasteiger charge is 2.77. The molecule has 0 radical (unpaired) electrons. The van der Waals surface area contributed by atoms with E-state index in [0.717, 1.165) is 29.6 Å². The summed E-state index contributed by atoms with van der Waals surface area (Å²) in [5.41, 5.74) is 1.77. The van der Waals surface area contributed by atoms with Gasteiger partial charge in [0.1, 0.15) is 0 Å². The number of fused-ring (bicyclic) bond motifs is 1. The van der Waals surface area contributed by atoms with Gasteiger partial charge in [-0.3, -0.25) is 0 Å². The van der Waals surface area contributed by atoms with E-state index >= 15 is 0 Å². The van der Waals surface area contributed by atoms with E-state index in [4.69, 9.17) is 0 Å². The molecule has 0 saturated heterocycles. The molecule has 3 saturated carbocycles. The minimum Gasteiger partial charge on any atom is -0.0619 e. The summed E-state index contributed by atoms with van der Waals surface area (Å²) in [4.78, 5) is 0. The van der Waals surface area contributed by atoms with Crippen LogP contribution in [0.1, 0.15) is 54.9 Å². The summed E-state index contributed by atoms with van der Waals surface area (Å²) in [6.07, 6.45) is 1.46. The molecule has 2 bridgehead atoms. The molecule has 92 valence electrons. The minimum atomic E-state index is 0.537. The first-order valence-corrected chi connectivity index (χ1v) is 7.19. The van der Waals surface area contributed by atoms with Crippen molar-refractivity contribution in [3.05, 3.63) is 0 Å². The van der Waals surface area contributed by atoms with E-state index < -0.39 is 0 Å². The van der Waals surface area contributed by atoms with Gasteiger partial charge in [0.2, 0.25) is 0 Å². The van der Waals surface area contributed by atoms with E-state index in [0.29, 0.717) is 16.2 Å². The van der Waals surface area contributed by atoms with Gasteiger partial charge in [0, 0.05) is 0 Å². The Kier molecular flexibility index (Phi) is 1.77. The van der Waals surface area contributed by atoms with Gasteiger partial charge in [-0.2, -0.15) is 0 Å². The van der Waals surface area contributed by atoms with Crippen LogP contribution >= 0.6 is 0 Å². The Balaban J connectivity index is 2.19. The molecule has 7 atom stereocenters. The second-order valence-corrected chi connectivity index (χ2v) is 8.24. The van der Waals surface area contributed by atoms with E-state index in [1.54, 1.807) is 0 Å². The Hall–Kier alpha value is 0. The smallest absolute Gasteiger partial charge is 0.0215 e. The Morgan fingerprint density at radius 1 is 0.938 bits per heavy atom. The first-order valence-electron chi connectivity index (χ1n) is 7.19. The molecule has 0 spiro atoms. The van der Waals surface area contributed by atoms with Crippen LogP contribution in [-0.4, -0.2) is 0 Å². The van der Waals surface area contributed by atoms with Gasteiger partial charge in [-0.15, -0.1) is 0 Å². The Morgan fingerprint density at radius 2 is 1.50 bits per heavy atom. The first-order chi connectivity index (χ1) is 7.19. The summed E-state index contributed by atoms with van der Waals surface area (Å²) in [7, 11) is 0. The second kappa shape index (κ2) is 2.54. The summed E-state index contributed by atoms with van der Waals surface area (Å²) in [6, 6.07) is 0. The van der Waals surface area contributed by atoms with Crippen LogP contribution in [0, 0.1) is 45.8 Å². The molecule has 3 fully saturated rings. The highest BCUT2D eigenvalue weighted by atomic mass is 14.8. The monoisotopic (exact) mass is 220 g/mol. The molecule has 0 aromatic rings. The lowest BCUT2D eigenvalue weighted by molar-refractivity contribution is -0.166. The zero-order chi connectivity index (χ0) is 12.1. The molecule has 7 unspecified atom stereocenters. The molecule has 0 heterocycles. The van der Waals surface area contributed by atoms with Gasteiger partial charge in [0.25, 0.3) is 0 Å². The first kappa shape index (κ1) is 11.1. The highest BCUT2D eigenvalue weighted by molar-refractivity contribution is 5.24. The summed E-state index contributed by atoms with van der Waals surface area (Å²) < 4.78 is 0. The van der Waals surface area contributed by atoms with Crippen molar-refractivity contribution in [3.8, 4) is 0 Å². The van der Waals surface area contributed by atoms with E-state index in [1.165, 1.54) is 6.42 Å². The van der Waals surface area contributed by atoms with Crippen LogP contribution in [-0.2, 0) is 0 Å². The lowest BCUT2D eigenvalue weighted by Gasteiger charge is -2.64. The number of hydrogen-bond acceptors (Lipinski definition) is 0. The van der Waals surface area contributed by atoms with Gasteiger partial charge < -0.3 is 0 Å². The lowest BCUT2D eigenvalue weighted by atomic mass is 9.40. The number of hydrogen-bond donors (Lipinski definition) is 0. The van der Waals surface area contributed by atoms with Gasteiger partial charge >= 0.3 is 0 Å². The van der Waals surface area contributed by atoms with Gasteiger partial charge in [-0.05, 0) is 52.3 Å². The minimum absolute atomic E-state index is 0.537. The zero-order valence-corrected chi connectivity index (χ0v) is 12.1. The molecule has 0 aliphatic heterocycles. The van der Waals surface area contributed by atoms with E-state index in [9.17, 15) is 0 Å². The van der Waals surface area contributed by atoms with Crippen molar-refractivity contribution in [2.75, 3.05) is 0 Å². The fourth-order valence-corrected chi connectivity index (χ4v) is 6.91. The quantitative estimate of drug-likeness (QED) is 0.560.